The molecule has 1 atom stereocenters. The number of carbonyl (C=O) groups is 2. The van der Waals surface area contributed by atoms with Crippen LogP contribution in [0.2, 0.25) is 0 Å². The van der Waals surface area contributed by atoms with E-state index < -0.39 is 6.10 Å². The topological polar surface area (TPSA) is 63.0 Å². The van der Waals surface area contributed by atoms with Gasteiger partial charge in [-0.25, -0.2) is 0 Å². The largest absolute Gasteiger partial charge is 0.476 e. The highest BCUT2D eigenvalue weighted by molar-refractivity contribution is 6.09. The number of benzene rings is 2. The first-order valence-electron chi connectivity index (χ1n) is 8.74. The van der Waals surface area contributed by atoms with Gasteiger partial charge in [-0.15, -0.1) is 0 Å². The summed E-state index contributed by atoms with van der Waals surface area (Å²) in [7, 11) is 3.34. The molecule has 0 saturated heterocycles. The monoisotopic (exact) mass is 364 g/mol. The predicted octanol–water partition coefficient (Wildman–Crippen LogP) is 3.24. The third-order valence-corrected chi connectivity index (χ3v) is 4.77. The van der Waals surface area contributed by atoms with Gasteiger partial charge in [0.1, 0.15) is 11.3 Å². The number of ether oxygens (including phenoxy) is 1. The van der Waals surface area contributed by atoms with Crippen LogP contribution in [0, 0.1) is 6.92 Å². The standard InChI is InChI=1S/C21H20N2O4/c1-13-14-8-4-6-10-16(14)27-19(13)21(25)23-12-18(20(24)22(2)3)26-17-11-7-5-9-15(17)23/h4-11,18H,12H2,1-3H3. The molecule has 2 aromatic carbocycles. The number of hydrogen-bond acceptors (Lipinski definition) is 4. The Labute approximate surface area is 156 Å². The summed E-state index contributed by atoms with van der Waals surface area (Å²) >= 11 is 0. The van der Waals surface area contributed by atoms with Crippen molar-refractivity contribution in [2.75, 3.05) is 25.5 Å². The number of anilines is 1. The van der Waals surface area contributed by atoms with Gasteiger partial charge in [-0.05, 0) is 25.1 Å². The molecule has 4 rings (SSSR count). The molecular formula is C21H20N2O4. The van der Waals surface area contributed by atoms with E-state index in [0.717, 1.165) is 10.9 Å². The number of rotatable bonds is 2. The number of amides is 2. The Hall–Kier alpha value is -3.28. The average molecular weight is 364 g/mol. The Kier molecular flexibility index (Phi) is 4.11. The molecule has 0 bridgehead atoms. The van der Waals surface area contributed by atoms with Crippen LogP contribution in [0.4, 0.5) is 5.69 Å². The van der Waals surface area contributed by atoms with Gasteiger partial charge in [0.2, 0.25) is 0 Å². The molecule has 1 aliphatic rings. The molecule has 0 aliphatic carbocycles. The lowest BCUT2D eigenvalue weighted by atomic mass is 10.1. The lowest BCUT2D eigenvalue weighted by Crippen LogP contribution is -2.50. The van der Waals surface area contributed by atoms with Crippen molar-refractivity contribution < 1.29 is 18.7 Å². The molecule has 0 fully saturated rings. The predicted molar refractivity (Wildman–Crippen MR) is 102 cm³/mol. The summed E-state index contributed by atoms with van der Waals surface area (Å²) in [5, 5.41) is 0.906. The molecule has 2 heterocycles. The zero-order valence-electron chi connectivity index (χ0n) is 15.4. The molecule has 3 aromatic rings. The molecule has 2 amide bonds. The average Bonchev–Trinajstić information content (AvgIpc) is 3.02. The van der Waals surface area contributed by atoms with E-state index in [1.807, 2.05) is 49.4 Å². The highest BCUT2D eigenvalue weighted by atomic mass is 16.5. The second-order valence-corrected chi connectivity index (χ2v) is 6.77. The van der Waals surface area contributed by atoms with Crippen LogP contribution in [-0.2, 0) is 4.79 Å². The number of nitrogens with zero attached hydrogens (tertiary/aromatic N) is 2. The van der Waals surface area contributed by atoms with Crippen molar-refractivity contribution in [3.05, 3.63) is 59.9 Å². The summed E-state index contributed by atoms with van der Waals surface area (Å²) in [6.45, 7) is 2.00. The fraction of sp³-hybridized carbons (Fsp3) is 0.238. The van der Waals surface area contributed by atoms with Crippen LogP contribution in [0.5, 0.6) is 5.75 Å². The molecule has 1 aliphatic heterocycles. The molecule has 0 saturated carbocycles. The minimum absolute atomic E-state index is 0.128. The van der Waals surface area contributed by atoms with E-state index in [9.17, 15) is 9.59 Å². The van der Waals surface area contributed by atoms with Gasteiger partial charge < -0.3 is 14.1 Å². The van der Waals surface area contributed by atoms with Crippen LogP contribution in [0.15, 0.2) is 52.9 Å². The molecule has 6 heteroatoms. The van der Waals surface area contributed by atoms with E-state index in [4.69, 9.17) is 9.15 Å². The Morgan fingerprint density at radius 2 is 1.78 bits per heavy atom. The van der Waals surface area contributed by atoms with E-state index in [0.29, 0.717) is 17.0 Å². The molecule has 0 spiro atoms. The fourth-order valence-corrected chi connectivity index (χ4v) is 3.34. The van der Waals surface area contributed by atoms with Crippen molar-refractivity contribution in [3.8, 4) is 5.75 Å². The van der Waals surface area contributed by atoms with E-state index in [2.05, 4.69) is 0 Å². The van der Waals surface area contributed by atoms with Crippen molar-refractivity contribution in [1.82, 2.24) is 4.90 Å². The third-order valence-electron chi connectivity index (χ3n) is 4.77. The van der Waals surface area contributed by atoms with E-state index in [1.54, 1.807) is 25.1 Å². The summed E-state index contributed by atoms with van der Waals surface area (Å²) in [6, 6.07) is 14.8. The Balaban J connectivity index is 1.77. The van der Waals surface area contributed by atoms with Gasteiger partial charge in [-0.1, -0.05) is 30.3 Å². The van der Waals surface area contributed by atoms with E-state index in [-0.39, 0.29) is 24.1 Å². The van der Waals surface area contributed by atoms with Gasteiger partial charge in [0.15, 0.2) is 11.9 Å². The smallest absolute Gasteiger partial charge is 0.294 e. The SMILES string of the molecule is Cc1c(C(=O)N2CC(C(=O)N(C)C)Oc3ccccc32)oc2ccccc12. The minimum Gasteiger partial charge on any atom is -0.476 e. The van der Waals surface area contributed by atoms with Crippen LogP contribution in [0.1, 0.15) is 16.1 Å². The summed E-state index contributed by atoms with van der Waals surface area (Å²) in [5.74, 6) is 0.314. The van der Waals surface area contributed by atoms with Crippen molar-refractivity contribution in [3.63, 3.8) is 0 Å². The molecular weight excluding hydrogens is 344 g/mol. The molecule has 138 valence electrons. The van der Waals surface area contributed by atoms with Crippen LogP contribution >= 0.6 is 0 Å². The number of furan rings is 1. The normalized spacial score (nSPS) is 16.0. The number of likely N-dealkylation sites (N-methyl/N-ethyl adjacent to an activating group) is 1. The summed E-state index contributed by atoms with van der Waals surface area (Å²) < 4.78 is 11.7. The van der Waals surface area contributed by atoms with Gasteiger partial charge in [-0.3, -0.25) is 14.5 Å². The second kappa shape index (κ2) is 6.46. The van der Waals surface area contributed by atoms with Gasteiger partial charge in [0.05, 0.1) is 12.2 Å². The van der Waals surface area contributed by atoms with Gasteiger partial charge >= 0.3 is 0 Å². The lowest BCUT2D eigenvalue weighted by Gasteiger charge is -2.34. The van der Waals surface area contributed by atoms with Gasteiger partial charge in [-0.2, -0.15) is 0 Å². The summed E-state index contributed by atoms with van der Waals surface area (Å²) in [5.41, 5.74) is 2.08. The maximum atomic E-state index is 13.3. The van der Waals surface area contributed by atoms with Crippen molar-refractivity contribution in [2.24, 2.45) is 0 Å². The van der Waals surface area contributed by atoms with Crippen LogP contribution in [-0.4, -0.2) is 43.5 Å². The Bertz CT molecular complexity index is 1040. The maximum Gasteiger partial charge on any atom is 0.294 e. The van der Waals surface area contributed by atoms with Crippen LogP contribution < -0.4 is 9.64 Å². The molecule has 27 heavy (non-hydrogen) atoms. The summed E-state index contributed by atoms with van der Waals surface area (Å²) in [4.78, 5) is 28.8. The zero-order chi connectivity index (χ0) is 19.1. The maximum absolute atomic E-state index is 13.3. The number of hydrogen-bond donors (Lipinski definition) is 0. The highest BCUT2D eigenvalue weighted by Gasteiger charge is 2.36. The fourth-order valence-electron chi connectivity index (χ4n) is 3.34. The first-order chi connectivity index (χ1) is 13.0. The van der Waals surface area contributed by atoms with E-state index in [1.165, 1.54) is 4.90 Å². The van der Waals surface area contributed by atoms with Gasteiger partial charge in [0, 0.05) is 25.0 Å². The van der Waals surface area contributed by atoms with Gasteiger partial charge in [0.25, 0.3) is 11.8 Å². The molecule has 0 N–H and O–H groups in total. The van der Waals surface area contributed by atoms with Crippen LogP contribution in [0.25, 0.3) is 11.0 Å². The lowest BCUT2D eigenvalue weighted by molar-refractivity contribution is -0.135. The number of carbonyl (C=O) groups excluding carboxylic acids is 2. The second-order valence-electron chi connectivity index (χ2n) is 6.77. The Morgan fingerprint density at radius 1 is 1.07 bits per heavy atom. The molecule has 1 unspecified atom stereocenters. The summed E-state index contributed by atoms with van der Waals surface area (Å²) in [6.07, 6.45) is -0.761. The minimum atomic E-state index is -0.761. The zero-order valence-corrected chi connectivity index (χ0v) is 15.4. The van der Waals surface area contributed by atoms with Crippen molar-refractivity contribution in [1.29, 1.82) is 0 Å². The van der Waals surface area contributed by atoms with Crippen molar-refractivity contribution >= 4 is 28.5 Å². The van der Waals surface area contributed by atoms with Crippen LogP contribution in [0.3, 0.4) is 0 Å². The molecule has 1 aromatic heterocycles. The first-order valence-corrected chi connectivity index (χ1v) is 8.74. The van der Waals surface area contributed by atoms with E-state index >= 15 is 0 Å². The Morgan fingerprint density at radius 3 is 2.52 bits per heavy atom. The molecule has 0 radical (unpaired) electrons. The number of fused-ring (bicyclic) bond motifs is 2. The first kappa shape index (κ1) is 17.1. The number of aryl methyl sites for hydroxylation is 1. The third kappa shape index (κ3) is 2.83. The molecule has 6 nitrogen and oxygen atoms in total. The highest BCUT2D eigenvalue weighted by Crippen LogP contribution is 2.36. The quantitative estimate of drug-likeness (QED) is 0.700. The number of para-hydroxylation sites is 3. The van der Waals surface area contributed by atoms with Crippen molar-refractivity contribution in [2.45, 2.75) is 13.0 Å².